The van der Waals surface area contributed by atoms with Gasteiger partial charge in [0.05, 0.1) is 11.7 Å². The SMILES string of the molecule is N[C@H]1CCc2cccc3c2N(C1=O)[C@H](C(=O)O)CC3. The van der Waals surface area contributed by atoms with E-state index in [1.54, 1.807) is 0 Å². The second kappa shape index (κ2) is 4.35. The quantitative estimate of drug-likeness (QED) is 0.778. The third kappa shape index (κ3) is 1.81. The molecule has 1 aromatic carbocycles. The lowest BCUT2D eigenvalue weighted by molar-refractivity contribution is -0.140. The summed E-state index contributed by atoms with van der Waals surface area (Å²) >= 11 is 0. The molecule has 2 aliphatic rings. The Morgan fingerprint density at radius 1 is 1.26 bits per heavy atom. The highest BCUT2D eigenvalue weighted by atomic mass is 16.4. The van der Waals surface area contributed by atoms with Crippen molar-refractivity contribution in [3.05, 3.63) is 29.3 Å². The van der Waals surface area contributed by atoms with Gasteiger partial charge in [0.15, 0.2) is 0 Å². The van der Waals surface area contributed by atoms with E-state index < -0.39 is 18.1 Å². The molecule has 3 N–H and O–H groups in total. The van der Waals surface area contributed by atoms with Gasteiger partial charge in [0.1, 0.15) is 6.04 Å². The Hall–Kier alpha value is -1.88. The van der Waals surface area contributed by atoms with E-state index in [0.29, 0.717) is 19.3 Å². The zero-order chi connectivity index (χ0) is 13.6. The van der Waals surface area contributed by atoms with Crippen LogP contribution in [-0.2, 0) is 22.4 Å². The maximum absolute atomic E-state index is 12.4. The van der Waals surface area contributed by atoms with Crippen LogP contribution in [0.4, 0.5) is 5.69 Å². The van der Waals surface area contributed by atoms with Gasteiger partial charge in [-0.3, -0.25) is 9.69 Å². The molecule has 1 aromatic rings. The summed E-state index contributed by atoms with van der Waals surface area (Å²) in [6, 6.07) is 4.50. The molecule has 2 atom stereocenters. The molecular formula is C14H16N2O3. The van der Waals surface area contributed by atoms with Crippen molar-refractivity contribution in [2.45, 2.75) is 37.8 Å². The molecule has 0 saturated carbocycles. The van der Waals surface area contributed by atoms with Gasteiger partial charge in [0.25, 0.3) is 0 Å². The molecule has 0 aromatic heterocycles. The number of carbonyl (C=O) groups excluding carboxylic acids is 1. The van der Waals surface area contributed by atoms with Crippen molar-refractivity contribution in [3.8, 4) is 0 Å². The molecule has 0 saturated heterocycles. The summed E-state index contributed by atoms with van der Waals surface area (Å²) in [7, 11) is 0. The molecule has 1 amide bonds. The van der Waals surface area contributed by atoms with Crippen molar-refractivity contribution < 1.29 is 14.7 Å². The number of hydrogen-bond donors (Lipinski definition) is 2. The summed E-state index contributed by atoms with van der Waals surface area (Å²) in [5.74, 6) is -1.22. The van der Waals surface area contributed by atoms with E-state index in [1.165, 1.54) is 4.90 Å². The average Bonchev–Trinajstić information content (AvgIpc) is 2.53. The maximum atomic E-state index is 12.4. The molecule has 5 heteroatoms. The van der Waals surface area contributed by atoms with Crippen LogP contribution in [0.1, 0.15) is 24.0 Å². The number of aryl methyl sites for hydroxylation is 2. The van der Waals surface area contributed by atoms with E-state index in [1.807, 2.05) is 18.2 Å². The van der Waals surface area contributed by atoms with Gasteiger partial charge in [0.2, 0.25) is 5.91 Å². The number of aliphatic carboxylic acids is 1. The van der Waals surface area contributed by atoms with Crippen LogP contribution in [0.15, 0.2) is 18.2 Å². The molecule has 0 fully saturated rings. The predicted molar refractivity (Wildman–Crippen MR) is 70.0 cm³/mol. The third-order valence-corrected chi connectivity index (χ3v) is 4.01. The number of amides is 1. The first-order chi connectivity index (χ1) is 9.09. The van der Waals surface area contributed by atoms with E-state index in [2.05, 4.69) is 0 Å². The van der Waals surface area contributed by atoms with Crippen molar-refractivity contribution in [1.29, 1.82) is 0 Å². The summed E-state index contributed by atoms with van der Waals surface area (Å²) < 4.78 is 0. The number of para-hydroxylation sites is 1. The lowest BCUT2D eigenvalue weighted by Gasteiger charge is -2.36. The number of nitrogens with two attached hydrogens (primary N) is 1. The van der Waals surface area contributed by atoms with Gasteiger partial charge in [0, 0.05) is 0 Å². The summed E-state index contributed by atoms with van der Waals surface area (Å²) in [4.78, 5) is 25.2. The normalized spacial score (nSPS) is 25.7. The lowest BCUT2D eigenvalue weighted by atomic mass is 9.92. The Bertz CT molecular complexity index is 556. The molecule has 2 aliphatic heterocycles. The van der Waals surface area contributed by atoms with Gasteiger partial charge >= 0.3 is 5.97 Å². The van der Waals surface area contributed by atoms with E-state index in [9.17, 15) is 14.7 Å². The molecule has 3 rings (SSSR count). The van der Waals surface area contributed by atoms with Gasteiger partial charge in [-0.2, -0.15) is 0 Å². The number of benzene rings is 1. The fourth-order valence-electron chi connectivity index (χ4n) is 3.05. The molecule has 100 valence electrons. The van der Waals surface area contributed by atoms with Crippen molar-refractivity contribution in [2.75, 3.05) is 4.90 Å². The minimum Gasteiger partial charge on any atom is -0.480 e. The summed E-state index contributed by atoms with van der Waals surface area (Å²) in [6.45, 7) is 0. The molecule has 19 heavy (non-hydrogen) atoms. The average molecular weight is 260 g/mol. The van der Waals surface area contributed by atoms with E-state index in [4.69, 9.17) is 5.73 Å². The van der Waals surface area contributed by atoms with E-state index in [0.717, 1.165) is 23.2 Å². The summed E-state index contributed by atoms with van der Waals surface area (Å²) in [5.41, 5.74) is 8.75. The molecule has 0 spiro atoms. The minimum absolute atomic E-state index is 0.265. The van der Waals surface area contributed by atoms with Gasteiger partial charge in [-0.25, -0.2) is 4.79 Å². The zero-order valence-electron chi connectivity index (χ0n) is 10.5. The Morgan fingerprint density at radius 2 is 1.89 bits per heavy atom. The molecule has 5 nitrogen and oxygen atoms in total. The fourth-order valence-corrected chi connectivity index (χ4v) is 3.05. The van der Waals surface area contributed by atoms with Gasteiger partial charge in [-0.1, -0.05) is 18.2 Å². The fraction of sp³-hybridized carbons (Fsp3) is 0.429. The number of carboxylic acids is 1. The second-order valence-electron chi connectivity index (χ2n) is 5.17. The number of carbonyl (C=O) groups is 2. The first-order valence-corrected chi connectivity index (χ1v) is 6.52. The standard InChI is InChI=1S/C14H16N2O3/c15-10-6-4-8-2-1-3-9-5-7-11(14(18)19)16(12(8)9)13(10)17/h1-3,10-11H,4-7,15H2,(H,18,19)/t10-,11-/m0/s1. The predicted octanol–water partition coefficient (Wildman–Crippen LogP) is 0.692. The highest BCUT2D eigenvalue weighted by Gasteiger charge is 2.40. The van der Waals surface area contributed by atoms with Crippen LogP contribution in [0.25, 0.3) is 0 Å². The van der Waals surface area contributed by atoms with Crippen LogP contribution in [0.3, 0.4) is 0 Å². The van der Waals surface area contributed by atoms with Crippen LogP contribution in [0.2, 0.25) is 0 Å². The maximum Gasteiger partial charge on any atom is 0.326 e. The molecule has 0 radical (unpaired) electrons. The van der Waals surface area contributed by atoms with E-state index >= 15 is 0 Å². The number of carboxylic acid groups (broad SMARTS) is 1. The molecule has 0 aliphatic carbocycles. The first kappa shape index (κ1) is 12.2. The number of hydrogen-bond acceptors (Lipinski definition) is 3. The van der Waals surface area contributed by atoms with Crippen molar-refractivity contribution >= 4 is 17.6 Å². The second-order valence-corrected chi connectivity index (χ2v) is 5.17. The highest BCUT2D eigenvalue weighted by molar-refractivity contribution is 6.04. The smallest absolute Gasteiger partial charge is 0.326 e. The zero-order valence-corrected chi connectivity index (χ0v) is 10.5. The van der Waals surface area contributed by atoms with Crippen molar-refractivity contribution in [3.63, 3.8) is 0 Å². The molecule has 0 bridgehead atoms. The van der Waals surface area contributed by atoms with Gasteiger partial charge < -0.3 is 10.8 Å². The largest absolute Gasteiger partial charge is 0.480 e. The van der Waals surface area contributed by atoms with Crippen LogP contribution in [0.5, 0.6) is 0 Å². The van der Waals surface area contributed by atoms with Crippen molar-refractivity contribution in [2.24, 2.45) is 5.73 Å². The number of rotatable bonds is 1. The number of nitrogens with zero attached hydrogens (tertiary/aromatic N) is 1. The first-order valence-electron chi connectivity index (χ1n) is 6.52. The summed E-state index contributed by atoms with van der Waals surface area (Å²) in [6.07, 6.45) is 2.43. The van der Waals surface area contributed by atoms with Gasteiger partial charge in [-0.05, 0) is 36.8 Å². The monoisotopic (exact) mass is 260 g/mol. The Balaban J connectivity index is 2.19. The topological polar surface area (TPSA) is 83.6 Å². The van der Waals surface area contributed by atoms with Crippen LogP contribution < -0.4 is 10.6 Å². The molecule has 0 unspecified atom stereocenters. The molecular weight excluding hydrogens is 244 g/mol. The Kier molecular flexibility index (Phi) is 2.78. The Morgan fingerprint density at radius 3 is 2.53 bits per heavy atom. The van der Waals surface area contributed by atoms with Gasteiger partial charge in [-0.15, -0.1) is 0 Å². The van der Waals surface area contributed by atoms with Crippen LogP contribution in [-0.4, -0.2) is 29.1 Å². The third-order valence-electron chi connectivity index (χ3n) is 4.01. The lowest BCUT2D eigenvalue weighted by Crippen LogP contribution is -2.53. The molecule has 2 heterocycles. The summed E-state index contributed by atoms with van der Waals surface area (Å²) in [5, 5.41) is 9.34. The van der Waals surface area contributed by atoms with Crippen LogP contribution >= 0.6 is 0 Å². The van der Waals surface area contributed by atoms with E-state index in [-0.39, 0.29) is 5.91 Å². The van der Waals surface area contributed by atoms with Crippen molar-refractivity contribution in [1.82, 2.24) is 0 Å². The van der Waals surface area contributed by atoms with Crippen LogP contribution in [0, 0.1) is 0 Å². The minimum atomic E-state index is -0.956. The highest BCUT2D eigenvalue weighted by Crippen LogP contribution is 2.37. The number of anilines is 1. The Labute approximate surface area is 111 Å².